The minimum Gasteiger partial charge on any atom is -0.369 e. The molecule has 3 nitrogen and oxygen atoms in total. The first kappa shape index (κ1) is 8.75. The summed E-state index contributed by atoms with van der Waals surface area (Å²) in [6.45, 7) is 4.47. The summed E-state index contributed by atoms with van der Waals surface area (Å²) < 4.78 is 0. The Morgan fingerprint density at radius 1 is 1.27 bits per heavy atom. The summed E-state index contributed by atoms with van der Waals surface area (Å²) in [5.74, 6) is 0. The van der Waals surface area contributed by atoms with Crippen LogP contribution in [0.15, 0.2) is 24.3 Å². The molecule has 2 fully saturated rings. The summed E-state index contributed by atoms with van der Waals surface area (Å²) in [6, 6.07) is 10.1. The Hall–Kier alpha value is -1.53. The van der Waals surface area contributed by atoms with Crippen LogP contribution in [0.5, 0.6) is 0 Å². The van der Waals surface area contributed by atoms with Crippen LogP contribution in [-0.2, 0) is 0 Å². The number of anilines is 1. The van der Waals surface area contributed by atoms with Crippen LogP contribution in [0.4, 0.5) is 5.69 Å². The number of benzene rings is 1. The SMILES string of the molecule is N#Cc1ccccc1N1CC2(CNC2)C1. The maximum Gasteiger partial charge on any atom is 0.101 e. The van der Waals surface area contributed by atoms with Crippen LogP contribution in [0.1, 0.15) is 5.56 Å². The Labute approximate surface area is 89.3 Å². The first-order chi connectivity index (χ1) is 7.33. The normalized spacial score (nSPS) is 21.7. The van der Waals surface area contributed by atoms with E-state index in [9.17, 15) is 0 Å². The Balaban J connectivity index is 1.81. The molecule has 1 aromatic carbocycles. The van der Waals surface area contributed by atoms with E-state index in [4.69, 9.17) is 5.26 Å². The van der Waals surface area contributed by atoms with Crippen LogP contribution in [-0.4, -0.2) is 26.2 Å². The molecule has 0 radical (unpaired) electrons. The average Bonchev–Trinajstić information content (AvgIpc) is 2.14. The molecule has 3 heteroatoms. The van der Waals surface area contributed by atoms with Gasteiger partial charge >= 0.3 is 0 Å². The van der Waals surface area contributed by atoms with Crippen molar-refractivity contribution in [2.24, 2.45) is 5.41 Å². The molecule has 0 aromatic heterocycles. The molecule has 0 atom stereocenters. The van der Waals surface area contributed by atoms with Gasteiger partial charge in [-0.1, -0.05) is 12.1 Å². The summed E-state index contributed by atoms with van der Waals surface area (Å²) in [7, 11) is 0. The summed E-state index contributed by atoms with van der Waals surface area (Å²) in [6.07, 6.45) is 0. The summed E-state index contributed by atoms with van der Waals surface area (Å²) in [5.41, 5.74) is 2.40. The smallest absolute Gasteiger partial charge is 0.101 e. The number of nitrogens with zero attached hydrogens (tertiary/aromatic N) is 2. The molecular weight excluding hydrogens is 186 g/mol. The highest BCUT2D eigenvalue weighted by Gasteiger charge is 2.47. The molecule has 0 bridgehead atoms. The Morgan fingerprint density at radius 2 is 2.00 bits per heavy atom. The lowest BCUT2D eigenvalue weighted by atomic mass is 9.74. The lowest BCUT2D eigenvalue weighted by Gasteiger charge is -2.57. The standard InChI is InChI=1S/C12H13N3/c13-5-10-3-1-2-4-11(10)15-8-12(9-15)6-14-7-12/h1-4,14H,6-9H2. The van der Waals surface area contributed by atoms with Crippen molar-refractivity contribution in [1.29, 1.82) is 5.26 Å². The van der Waals surface area contributed by atoms with E-state index in [0.717, 1.165) is 37.4 Å². The highest BCUT2D eigenvalue weighted by Crippen LogP contribution is 2.38. The van der Waals surface area contributed by atoms with E-state index < -0.39 is 0 Å². The Bertz CT molecular complexity index is 421. The lowest BCUT2D eigenvalue weighted by molar-refractivity contribution is 0.121. The number of nitrogens with one attached hydrogen (secondary N) is 1. The van der Waals surface area contributed by atoms with Gasteiger partial charge in [-0.2, -0.15) is 5.26 Å². The fourth-order valence-corrected chi connectivity index (χ4v) is 2.48. The number of para-hydroxylation sites is 1. The maximum absolute atomic E-state index is 9.00. The predicted octanol–water partition coefficient (Wildman–Crippen LogP) is 0.968. The van der Waals surface area contributed by atoms with E-state index in [1.807, 2.05) is 24.3 Å². The second-order valence-electron chi connectivity index (χ2n) is 4.59. The minimum atomic E-state index is 0.516. The van der Waals surface area contributed by atoms with Crippen molar-refractivity contribution < 1.29 is 0 Å². The monoisotopic (exact) mass is 199 g/mol. The van der Waals surface area contributed by atoms with Crippen molar-refractivity contribution in [3.63, 3.8) is 0 Å². The van der Waals surface area contributed by atoms with Crippen LogP contribution in [0.3, 0.4) is 0 Å². The molecule has 15 heavy (non-hydrogen) atoms. The second kappa shape index (κ2) is 2.98. The third-order valence-electron chi connectivity index (χ3n) is 3.42. The highest BCUT2D eigenvalue weighted by molar-refractivity contribution is 5.61. The number of hydrogen-bond donors (Lipinski definition) is 1. The van der Waals surface area contributed by atoms with Gasteiger partial charge in [0.25, 0.3) is 0 Å². The third kappa shape index (κ3) is 1.22. The molecule has 2 saturated heterocycles. The molecular formula is C12H13N3. The van der Waals surface area contributed by atoms with Crippen molar-refractivity contribution >= 4 is 5.69 Å². The molecule has 1 aromatic rings. The van der Waals surface area contributed by atoms with Crippen molar-refractivity contribution in [3.05, 3.63) is 29.8 Å². The first-order valence-electron chi connectivity index (χ1n) is 5.28. The van der Waals surface area contributed by atoms with Gasteiger partial charge in [-0.25, -0.2) is 0 Å². The molecule has 1 spiro atoms. The fourth-order valence-electron chi connectivity index (χ4n) is 2.48. The van der Waals surface area contributed by atoms with Crippen molar-refractivity contribution in [2.45, 2.75) is 0 Å². The van der Waals surface area contributed by atoms with Crippen molar-refractivity contribution in [2.75, 3.05) is 31.1 Å². The van der Waals surface area contributed by atoms with Gasteiger partial charge in [0.1, 0.15) is 6.07 Å². The van der Waals surface area contributed by atoms with E-state index in [2.05, 4.69) is 16.3 Å². The minimum absolute atomic E-state index is 0.516. The van der Waals surface area contributed by atoms with Gasteiger partial charge in [0.2, 0.25) is 0 Å². The molecule has 3 rings (SSSR count). The average molecular weight is 199 g/mol. The molecule has 0 amide bonds. The lowest BCUT2D eigenvalue weighted by Crippen LogP contribution is -2.71. The fraction of sp³-hybridized carbons (Fsp3) is 0.417. The molecule has 76 valence electrons. The zero-order valence-corrected chi connectivity index (χ0v) is 8.53. The van der Waals surface area contributed by atoms with Crippen molar-refractivity contribution in [1.82, 2.24) is 5.32 Å². The molecule has 0 aliphatic carbocycles. The predicted molar refractivity (Wildman–Crippen MR) is 58.7 cm³/mol. The summed E-state index contributed by atoms with van der Waals surface area (Å²) in [5, 5.41) is 12.3. The van der Waals surface area contributed by atoms with Crippen LogP contribution in [0, 0.1) is 16.7 Å². The molecule has 2 aliphatic rings. The molecule has 2 heterocycles. The molecule has 0 unspecified atom stereocenters. The zero-order valence-electron chi connectivity index (χ0n) is 8.53. The molecule has 2 aliphatic heterocycles. The highest BCUT2D eigenvalue weighted by atomic mass is 15.3. The van der Waals surface area contributed by atoms with Crippen LogP contribution in [0.25, 0.3) is 0 Å². The summed E-state index contributed by atoms with van der Waals surface area (Å²) >= 11 is 0. The van der Waals surface area contributed by atoms with Gasteiger partial charge in [0.05, 0.1) is 11.3 Å². The number of hydrogen-bond acceptors (Lipinski definition) is 3. The van der Waals surface area contributed by atoms with E-state index in [-0.39, 0.29) is 0 Å². The van der Waals surface area contributed by atoms with E-state index in [1.54, 1.807) is 0 Å². The Kier molecular flexibility index (Phi) is 1.74. The van der Waals surface area contributed by atoms with E-state index >= 15 is 0 Å². The van der Waals surface area contributed by atoms with Gasteiger partial charge in [0.15, 0.2) is 0 Å². The quantitative estimate of drug-likeness (QED) is 0.732. The van der Waals surface area contributed by atoms with Crippen LogP contribution in [0.2, 0.25) is 0 Å². The number of rotatable bonds is 1. The van der Waals surface area contributed by atoms with Gasteiger partial charge in [-0.05, 0) is 12.1 Å². The number of nitriles is 1. The van der Waals surface area contributed by atoms with Crippen LogP contribution < -0.4 is 10.2 Å². The zero-order chi connectivity index (χ0) is 10.3. The van der Waals surface area contributed by atoms with E-state index in [0.29, 0.717) is 5.41 Å². The van der Waals surface area contributed by atoms with E-state index in [1.165, 1.54) is 0 Å². The van der Waals surface area contributed by atoms with Gasteiger partial charge in [0, 0.05) is 31.6 Å². The first-order valence-corrected chi connectivity index (χ1v) is 5.28. The molecule has 1 N–H and O–H groups in total. The van der Waals surface area contributed by atoms with Crippen molar-refractivity contribution in [3.8, 4) is 6.07 Å². The summed E-state index contributed by atoms with van der Waals surface area (Å²) in [4.78, 5) is 2.30. The third-order valence-corrected chi connectivity index (χ3v) is 3.42. The maximum atomic E-state index is 9.00. The Morgan fingerprint density at radius 3 is 2.60 bits per heavy atom. The van der Waals surface area contributed by atoms with Crippen LogP contribution >= 0.6 is 0 Å². The second-order valence-corrected chi connectivity index (χ2v) is 4.59. The largest absolute Gasteiger partial charge is 0.369 e. The topological polar surface area (TPSA) is 39.1 Å². The van der Waals surface area contributed by atoms with Gasteiger partial charge in [-0.3, -0.25) is 0 Å². The molecule has 0 saturated carbocycles. The van der Waals surface area contributed by atoms with Gasteiger partial charge < -0.3 is 10.2 Å². The van der Waals surface area contributed by atoms with Gasteiger partial charge in [-0.15, -0.1) is 0 Å².